The van der Waals surface area contributed by atoms with E-state index in [1.165, 1.54) is 83.1 Å². The molecule has 1 aromatic carbocycles. The van der Waals surface area contributed by atoms with E-state index >= 15 is 0 Å². The molecule has 1 aromatic rings. The maximum atomic E-state index is 12.9. The van der Waals surface area contributed by atoms with Crippen molar-refractivity contribution in [3.63, 3.8) is 0 Å². The van der Waals surface area contributed by atoms with E-state index in [0.717, 1.165) is 19.3 Å². The Balaban J connectivity index is 2.53. The number of unbranched alkanes of at least 4 members (excludes halogenated alkanes) is 11. The summed E-state index contributed by atoms with van der Waals surface area (Å²) in [6.07, 6.45) is 15.9. The van der Waals surface area contributed by atoms with E-state index in [2.05, 4.69) is 17.0 Å². The number of sulfonamides is 1. The fraction of sp³-hybridized carbons (Fsp3) is 0.679. The van der Waals surface area contributed by atoms with Gasteiger partial charge in [0.1, 0.15) is 5.75 Å². The zero-order chi connectivity index (χ0) is 27.4. The van der Waals surface area contributed by atoms with Gasteiger partial charge in [0.25, 0.3) is 0 Å². The molecule has 0 aliphatic heterocycles. The summed E-state index contributed by atoms with van der Waals surface area (Å²) in [6.45, 7) is 6.66. The SMILES string of the molecule is CCCCCCCCCCCCCCNS(=O)(=O)c1ccc(OC)c(N/C(=C/C(=O)OCC)OCC)c1. The van der Waals surface area contributed by atoms with Crippen LogP contribution in [-0.4, -0.2) is 41.3 Å². The average molecular weight is 541 g/mol. The predicted octanol–water partition coefficient (Wildman–Crippen LogP) is 6.53. The van der Waals surface area contributed by atoms with Crippen molar-refractivity contribution >= 4 is 21.7 Å². The van der Waals surface area contributed by atoms with Gasteiger partial charge < -0.3 is 19.5 Å². The van der Waals surface area contributed by atoms with Crippen LogP contribution in [0.5, 0.6) is 5.75 Å². The first kappa shape index (κ1) is 32.8. The Morgan fingerprint density at radius 2 is 1.41 bits per heavy atom. The number of anilines is 1. The van der Waals surface area contributed by atoms with Gasteiger partial charge in [-0.05, 0) is 38.5 Å². The molecule has 0 aromatic heterocycles. The van der Waals surface area contributed by atoms with Gasteiger partial charge in [-0.1, -0.05) is 77.6 Å². The van der Waals surface area contributed by atoms with Crippen molar-refractivity contribution in [3.8, 4) is 5.75 Å². The molecule has 0 amide bonds. The van der Waals surface area contributed by atoms with Gasteiger partial charge in [-0.15, -0.1) is 0 Å². The van der Waals surface area contributed by atoms with Crippen LogP contribution in [0.2, 0.25) is 0 Å². The summed E-state index contributed by atoms with van der Waals surface area (Å²) >= 11 is 0. The number of hydrogen-bond donors (Lipinski definition) is 2. The molecule has 0 atom stereocenters. The lowest BCUT2D eigenvalue weighted by molar-refractivity contribution is -0.137. The second-order valence-electron chi connectivity index (χ2n) is 8.97. The van der Waals surface area contributed by atoms with Crippen LogP contribution in [0.3, 0.4) is 0 Å². The molecular weight excluding hydrogens is 492 g/mol. The summed E-state index contributed by atoms with van der Waals surface area (Å²) in [5.74, 6) is -0.0158. The topological polar surface area (TPSA) is 103 Å². The monoisotopic (exact) mass is 540 g/mol. The Labute approximate surface area is 224 Å². The van der Waals surface area contributed by atoms with Crippen molar-refractivity contribution < 1.29 is 27.4 Å². The highest BCUT2D eigenvalue weighted by molar-refractivity contribution is 7.89. The minimum absolute atomic E-state index is 0.0988. The molecule has 0 radical (unpaired) electrons. The van der Waals surface area contributed by atoms with Crippen LogP contribution >= 0.6 is 0 Å². The average Bonchev–Trinajstić information content (AvgIpc) is 2.87. The van der Waals surface area contributed by atoms with Crippen LogP contribution in [0.1, 0.15) is 97.8 Å². The van der Waals surface area contributed by atoms with Crippen molar-refractivity contribution in [1.29, 1.82) is 0 Å². The van der Waals surface area contributed by atoms with Crippen LogP contribution in [0.25, 0.3) is 0 Å². The molecule has 0 heterocycles. The van der Waals surface area contributed by atoms with E-state index in [1.54, 1.807) is 19.9 Å². The number of methoxy groups -OCH3 is 1. The molecule has 212 valence electrons. The van der Waals surface area contributed by atoms with Crippen LogP contribution in [0.4, 0.5) is 5.69 Å². The predicted molar refractivity (Wildman–Crippen MR) is 149 cm³/mol. The van der Waals surface area contributed by atoms with E-state index in [4.69, 9.17) is 14.2 Å². The zero-order valence-electron chi connectivity index (χ0n) is 23.3. The van der Waals surface area contributed by atoms with E-state index < -0.39 is 16.0 Å². The Hall–Kier alpha value is -2.26. The molecule has 9 heteroatoms. The zero-order valence-corrected chi connectivity index (χ0v) is 24.1. The lowest BCUT2D eigenvalue weighted by Gasteiger charge is -2.16. The van der Waals surface area contributed by atoms with Gasteiger partial charge in [-0.3, -0.25) is 0 Å². The molecule has 0 bridgehead atoms. The maximum absolute atomic E-state index is 12.9. The maximum Gasteiger partial charge on any atom is 0.336 e. The van der Waals surface area contributed by atoms with E-state index in [1.807, 2.05) is 0 Å². The highest BCUT2D eigenvalue weighted by atomic mass is 32.2. The smallest absolute Gasteiger partial charge is 0.336 e. The minimum atomic E-state index is -3.70. The summed E-state index contributed by atoms with van der Waals surface area (Å²) in [4.78, 5) is 11.9. The lowest BCUT2D eigenvalue weighted by atomic mass is 10.1. The van der Waals surface area contributed by atoms with Gasteiger partial charge in [0, 0.05) is 6.54 Å². The van der Waals surface area contributed by atoms with Crippen molar-refractivity contribution in [3.05, 3.63) is 30.2 Å². The first-order chi connectivity index (χ1) is 17.9. The molecule has 0 saturated heterocycles. The van der Waals surface area contributed by atoms with Gasteiger partial charge in [0.15, 0.2) is 5.88 Å². The van der Waals surface area contributed by atoms with Gasteiger partial charge in [-0.2, -0.15) is 0 Å². The second-order valence-corrected chi connectivity index (χ2v) is 10.7. The molecule has 1 rings (SSSR count). The molecule has 0 fully saturated rings. The Morgan fingerprint density at radius 3 is 1.95 bits per heavy atom. The van der Waals surface area contributed by atoms with Crippen molar-refractivity contribution in [2.24, 2.45) is 0 Å². The number of carbonyl (C=O) groups is 1. The summed E-state index contributed by atoms with van der Waals surface area (Å²) in [6, 6.07) is 4.51. The molecule has 0 aliphatic rings. The first-order valence-electron chi connectivity index (χ1n) is 13.8. The van der Waals surface area contributed by atoms with Crippen LogP contribution in [0, 0.1) is 0 Å². The van der Waals surface area contributed by atoms with E-state index in [9.17, 15) is 13.2 Å². The number of nitrogens with one attached hydrogen (secondary N) is 2. The summed E-state index contributed by atoms with van der Waals surface area (Å²) in [5, 5.41) is 2.94. The summed E-state index contributed by atoms with van der Waals surface area (Å²) in [5.41, 5.74) is 0.361. The fourth-order valence-electron chi connectivity index (χ4n) is 3.90. The third-order valence-corrected chi connectivity index (χ3v) is 7.36. The number of rotatable bonds is 22. The van der Waals surface area contributed by atoms with Gasteiger partial charge in [0.05, 0.1) is 37.0 Å². The Kier molecular flexibility index (Phi) is 17.5. The summed E-state index contributed by atoms with van der Waals surface area (Å²) in [7, 11) is -2.22. The van der Waals surface area contributed by atoms with E-state index in [0.29, 0.717) is 24.6 Å². The van der Waals surface area contributed by atoms with Gasteiger partial charge >= 0.3 is 5.97 Å². The quantitative estimate of drug-likeness (QED) is 0.0746. The Bertz CT molecular complexity index is 902. The van der Waals surface area contributed by atoms with Crippen molar-refractivity contribution in [1.82, 2.24) is 4.72 Å². The summed E-state index contributed by atoms with van der Waals surface area (Å²) < 4.78 is 44.2. The second kappa shape index (κ2) is 19.8. The largest absolute Gasteiger partial charge is 0.495 e. The third kappa shape index (κ3) is 14.3. The van der Waals surface area contributed by atoms with Crippen molar-refractivity contribution in [2.75, 3.05) is 32.2 Å². The minimum Gasteiger partial charge on any atom is -0.495 e. The molecular formula is C28H48N2O6S. The van der Waals surface area contributed by atoms with Crippen molar-refractivity contribution in [2.45, 2.75) is 103 Å². The highest BCUT2D eigenvalue weighted by Gasteiger charge is 2.17. The first-order valence-corrected chi connectivity index (χ1v) is 15.3. The van der Waals surface area contributed by atoms with Crippen LogP contribution in [0.15, 0.2) is 35.1 Å². The molecule has 8 nitrogen and oxygen atoms in total. The highest BCUT2D eigenvalue weighted by Crippen LogP contribution is 2.29. The number of esters is 1. The number of hydrogen-bond acceptors (Lipinski definition) is 7. The Morgan fingerprint density at radius 1 is 0.838 bits per heavy atom. The van der Waals surface area contributed by atoms with Gasteiger partial charge in [-0.25, -0.2) is 17.9 Å². The van der Waals surface area contributed by atoms with Gasteiger partial charge in [0.2, 0.25) is 10.0 Å². The molecule has 37 heavy (non-hydrogen) atoms. The third-order valence-electron chi connectivity index (χ3n) is 5.90. The number of carbonyl (C=O) groups excluding carboxylic acids is 1. The molecule has 0 saturated carbocycles. The molecule has 0 aliphatic carbocycles. The standard InChI is InChI=1S/C28H48N2O6S/c1-5-8-9-10-11-12-13-14-15-16-17-18-21-29-37(32,33)24-19-20-26(34-4)25(22-24)30-27(35-6-2)23-28(31)36-7-3/h19-20,22-23,29-30H,5-18,21H2,1-4H3/b27-23-. The lowest BCUT2D eigenvalue weighted by Crippen LogP contribution is -2.25. The molecule has 2 N–H and O–H groups in total. The fourth-order valence-corrected chi connectivity index (χ4v) is 5.00. The van der Waals surface area contributed by atoms with Crippen LogP contribution < -0.4 is 14.8 Å². The van der Waals surface area contributed by atoms with E-state index in [-0.39, 0.29) is 17.4 Å². The number of benzene rings is 1. The van der Waals surface area contributed by atoms with Crippen LogP contribution in [-0.2, 0) is 24.3 Å². The molecule has 0 spiro atoms. The number of ether oxygens (including phenoxy) is 3. The molecule has 0 unspecified atom stereocenters. The normalized spacial score (nSPS) is 11.8.